The fourth-order valence-corrected chi connectivity index (χ4v) is 1.42. The van der Waals surface area contributed by atoms with Gasteiger partial charge in [0.05, 0.1) is 5.56 Å². The molecule has 6 heteroatoms. The molecule has 0 spiro atoms. The Morgan fingerprint density at radius 3 is 2.94 bits per heavy atom. The third-order valence-electron chi connectivity index (χ3n) is 2.38. The topological polar surface area (TPSA) is 93.8 Å². The summed E-state index contributed by atoms with van der Waals surface area (Å²) >= 11 is 0. The van der Waals surface area contributed by atoms with E-state index in [2.05, 4.69) is 20.3 Å². The Bertz CT molecular complexity index is 556. The summed E-state index contributed by atoms with van der Waals surface area (Å²) in [5.41, 5.74) is 6.93. The van der Waals surface area contributed by atoms with Gasteiger partial charge in [0.2, 0.25) is 0 Å². The van der Waals surface area contributed by atoms with Gasteiger partial charge in [-0.2, -0.15) is 0 Å². The van der Waals surface area contributed by atoms with E-state index in [1.54, 1.807) is 31.5 Å². The number of aryl methyl sites for hydroxylation is 1. The minimum absolute atomic E-state index is 0.205. The fourth-order valence-electron chi connectivity index (χ4n) is 1.42. The van der Waals surface area contributed by atoms with Gasteiger partial charge < -0.3 is 11.1 Å². The van der Waals surface area contributed by atoms with Crippen molar-refractivity contribution in [2.45, 2.75) is 13.5 Å². The largest absolute Gasteiger partial charge is 0.383 e. The zero-order valence-corrected chi connectivity index (χ0v) is 9.92. The van der Waals surface area contributed by atoms with E-state index >= 15 is 0 Å². The predicted octanol–water partition coefficient (Wildman–Crippen LogP) is 0.692. The maximum atomic E-state index is 11.8. The molecule has 92 valence electrons. The van der Waals surface area contributed by atoms with Gasteiger partial charge in [0.15, 0.2) is 0 Å². The molecule has 1 amide bonds. The summed E-state index contributed by atoms with van der Waals surface area (Å²) in [6.07, 6.45) is 4.73. The van der Waals surface area contributed by atoms with E-state index in [1.807, 2.05) is 0 Å². The first-order valence-electron chi connectivity index (χ1n) is 5.43. The number of pyridine rings is 1. The van der Waals surface area contributed by atoms with Crippen LogP contribution in [0.1, 0.15) is 21.7 Å². The lowest BCUT2D eigenvalue weighted by molar-refractivity contribution is 0.0950. The molecule has 3 N–H and O–H groups in total. The monoisotopic (exact) mass is 243 g/mol. The number of anilines is 1. The molecule has 0 saturated carbocycles. The van der Waals surface area contributed by atoms with Gasteiger partial charge in [-0.3, -0.25) is 9.78 Å². The minimum Gasteiger partial charge on any atom is -0.383 e. The van der Waals surface area contributed by atoms with E-state index in [4.69, 9.17) is 5.73 Å². The number of carbonyl (C=O) groups excluding carboxylic acids is 1. The van der Waals surface area contributed by atoms with Crippen LogP contribution in [0.15, 0.2) is 30.7 Å². The molecular weight excluding hydrogens is 230 g/mol. The summed E-state index contributed by atoms with van der Waals surface area (Å²) in [5, 5.41) is 2.74. The SMILES string of the molecule is Cc1ncc(CNC(=O)c2cccnc2)c(N)n1. The maximum Gasteiger partial charge on any atom is 0.253 e. The standard InChI is InChI=1S/C12H13N5O/c1-8-15-6-10(11(13)17-8)7-16-12(18)9-3-2-4-14-5-9/h2-6H,7H2,1H3,(H,16,18)(H2,13,15,17). The number of aromatic nitrogens is 3. The predicted molar refractivity (Wildman–Crippen MR) is 66.6 cm³/mol. The fraction of sp³-hybridized carbons (Fsp3) is 0.167. The number of hydrogen-bond acceptors (Lipinski definition) is 5. The van der Waals surface area contributed by atoms with Crippen LogP contribution in [-0.2, 0) is 6.54 Å². The highest BCUT2D eigenvalue weighted by Gasteiger charge is 2.07. The molecule has 0 atom stereocenters. The molecule has 2 aromatic heterocycles. The average molecular weight is 243 g/mol. The molecule has 2 heterocycles. The number of nitrogens with two attached hydrogens (primary N) is 1. The number of rotatable bonds is 3. The lowest BCUT2D eigenvalue weighted by Gasteiger charge is -2.07. The zero-order chi connectivity index (χ0) is 13.0. The maximum absolute atomic E-state index is 11.8. The van der Waals surface area contributed by atoms with Gasteiger partial charge in [0.1, 0.15) is 11.6 Å². The van der Waals surface area contributed by atoms with E-state index in [0.717, 1.165) is 0 Å². The summed E-state index contributed by atoms with van der Waals surface area (Å²) in [6.45, 7) is 2.05. The van der Waals surface area contributed by atoms with E-state index < -0.39 is 0 Å². The Morgan fingerprint density at radius 1 is 1.44 bits per heavy atom. The molecule has 6 nitrogen and oxygen atoms in total. The molecule has 2 aromatic rings. The van der Waals surface area contributed by atoms with Gasteiger partial charge in [0, 0.05) is 30.7 Å². The number of nitrogens with one attached hydrogen (secondary N) is 1. The van der Waals surface area contributed by atoms with Crippen LogP contribution in [0.2, 0.25) is 0 Å². The van der Waals surface area contributed by atoms with Crippen LogP contribution in [-0.4, -0.2) is 20.9 Å². The molecule has 0 saturated heterocycles. The summed E-state index contributed by atoms with van der Waals surface area (Å²) < 4.78 is 0. The van der Waals surface area contributed by atoms with E-state index in [1.165, 1.54) is 6.20 Å². The second kappa shape index (κ2) is 5.22. The van der Waals surface area contributed by atoms with Crippen molar-refractivity contribution < 1.29 is 4.79 Å². The van der Waals surface area contributed by atoms with Crippen molar-refractivity contribution >= 4 is 11.7 Å². The van der Waals surface area contributed by atoms with Gasteiger partial charge in [-0.1, -0.05) is 0 Å². The second-order valence-electron chi connectivity index (χ2n) is 3.75. The highest BCUT2D eigenvalue weighted by Crippen LogP contribution is 2.07. The Kier molecular flexibility index (Phi) is 3.47. The van der Waals surface area contributed by atoms with Gasteiger partial charge in [0.25, 0.3) is 5.91 Å². The molecule has 0 aromatic carbocycles. The number of nitrogen functional groups attached to an aromatic ring is 1. The first-order chi connectivity index (χ1) is 8.66. The normalized spacial score (nSPS) is 10.1. The van der Waals surface area contributed by atoms with Crippen LogP contribution >= 0.6 is 0 Å². The lowest BCUT2D eigenvalue weighted by atomic mass is 10.2. The lowest BCUT2D eigenvalue weighted by Crippen LogP contribution is -2.23. The molecule has 18 heavy (non-hydrogen) atoms. The van der Waals surface area contributed by atoms with Gasteiger partial charge in [-0.25, -0.2) is 9.97 Å². The second-order valence-corrected chi connectivity index (χ2v) is 3.75. The highest BCUT2D eigenvalue weighted by molar-refractivity contribution is 5.93. The molecule has 0 fully saturated rings. The minimum atomic E-state index is -0.205. The Morgan fingerprint density at radius 2 is 2.28 bits per heavy atom. The Labute approximate surface area is 104 Å². The molecule has 0 bridgehead atoms. The molecule has 0 unspecified atom stereocenters. The molecule has 0 aliphatic heterocycles. The summed E-state index contributed by atoms with van der Waals surface area (Å²) in [5.74, 6) is 0.784. The van der Waals surface area contributed by atoms with Crippen molar-refractivity contribution in [2.24, 2.45) is 0 Å². The molecule has 0 aliphatic carbocycles. The first kappa shape index (κ1) is 12.0. The van der Waals surface area contributed by atoms with Gasteiger partial charge >= 0.3 is 0 Å². The smallest absolute Gasteiger partial charge is 0.253 e. The third kappa shape index (κ3) is 2.79. The highest BCUT2D eigenvalue weighted by atomic mass is 16.1. The van der Waals surface area contributed by atoms with Crippen molar-refractivity contribution in [3.05, 3.63) is 47.7 Å². The summed E-state index contributed by atoms with van der Waals surface area (Å²) in [7, 11) is 0. The van der Waals surface area contributed by atoms with E-state index in [9.17, 15) is 4.79 Å². The zero-order valence-electron chi connectivity index (χ0n) is 9.92. The van der Waals surface area contributed by atoms with E-state index in [0.29, 0.717) is 29.3 Å². The quantitative estimate of drug-likeness (QED) is 0.827. The van der Waals surface area contributed by atoms with E-state index in [-0.39, 0.29) is 5.91 Å². The number of amides is 1. The molecule has 2 rings (SSSR count). The van der Waals surface area contributed by atoms with Crippen molar-refractivity contribution in [1.82, 2.24) is 20.3 Å². The van der Waals surface area contributed by atoms with Gasteiger partial charge in [-0.15, -0.1) is 0 Å². The van der Waals surface area contributed by atoms with Crippen molar-refractivity contribution in [3.8, 4) is 0 Å². The third-order valence-corrected chi connectivity index (χ3v) is 2.38. The van der Waals surface area contributed by atoms with Crippen LogP contribution in [0.25, 0.3) is 0 Å². The molecule has 0 aliphatic rings. The van der Waals surface area contributed by atoms with Crippen LogP contribution in [0.4, 0.5) is 5.82 Å². The number of carbonyl (C=O) groups is 1. The van der Waals surface area contributed by atoms with Crippen LogP contribution < -0.4 is 11.1 Å². The van der Waals surface area contributed by atoms with Crippen molar-refractivity contribution in [1.29, 1.82) is 0 Å². The van der Waals surface area contributed by atoms with Crippen molar-refractivity contribution in [2.75, 3.05) is 5.73 Å². The number of hydrogen-bond donors (Lipinski definition) is 2. The van der Waals surface area contributed by atoms with Crippen LogP contribution in [0.5, 0.6) is 0 Å². The number of nitrogens with zero attached hydrogens (tertiary/aromatic N) is 3. The summed E-state index contributed by atoms with van der Waals surface area (Å²) in [4.78, 5) is 23.7. The van der Waals surface area contributed by atoms with Crippen LogP contribution in [0, 0.1) is 6.92 Å². The Balaban J connectivity index is 2.02. The molecule has 0 radical (unpaired) electrons. The Hall–Kier alpha value is -2.50. The summed E-state index contributed by atoms with van der Waals surface area (Å²) in [6, 6.07) is 3.40. The molecular formula is C12H13N5O. The average Bonchev–Trinajstić information content (AvgIpc) is 2.38. The first-order valence-corrected chi connectivity index (χ1v) is 5.43. The van der Waals surface area contributed by atoms with Gasteiger partial charge in [-0.05, 0) is 19.1 Å². The van der Waals surface area contributed by atoms with Crippen molar-refractivity contribution in [3.63, 3.8) is 0 Å². The van der Waals surface area contributed by atoms with Crippen LogP contribution in [0.3, 0.4) is 0 Å².